The number of likely N-dealkylation sites (tertiary alicyclic amines) is 1. The highest BCUT2D eigenvalue weighted by Crippen LogP contribution is 2.29. The first kappa shape index (κ1) is 16.0. The summed E-state index contributed by atoms with van der Waals surface area (Å²) in [5.74, 6) is 1.23. The van der Waals surface area contributed by atoms with E-state index in [9.17, 15) is 5.11 Å². The van der Waals surface area contributed by atoms with Gasteiger partial charge in [0.15, 0.2) is 0 Å². The fourth-order valence-electron chi connectivity index (χ4n) is 3.09. The molecule has 0 unspecified atom stereocenters. The number of rotatable bonds is 6. The molecule has 0 aliphatic carbocycles. The van der Waals surface area contributed by atoms with Crippen molar-refractivity contribution in [3.8, 4) is 5.75 Å². The van der Waals surface area contributed by atoms with E-state index in [-0.39, 0.29) is 0 Å². The van der Waals surface area contributed by atoms with E-state index in [0.29, 0.717) is 12.5 Å². The highest BCUT2D eigenvalue weighted by Gasteiger charge is 2.26. The monoisotopic (exact) mass is 312 g/mol. The second-order valence-electron chi connectivity index (χ2n) is 6.04. The molecule has 1 saturated heterocycles. The number of aliphatic hydroxyl groups excluding tert-OH is 1. The lowest BCUT2D eigenvalue weighted by Crippen LogP contribution is -2.38. The van der Waals surface area contributed by atoms with E-state index in [0.717, 1.165) is 43.9 Å². The van der Waals surface area contributed by atoms with Gasteiger partial charge in [0.25, 0.3) is 0 Å². The molecular weight excluding hydrogens is 288 g/mol. The van der Waals surface area contributed by atoms with Crippen LogP contribution in [0.1, 0.15) is 24.6 Å². The molecule has 3 rings (SSSR count). The zero-order valence-electron chi connectivity index (χ0n) is 13.3. The van der Waals surface area contributed by atoms with Crippen molar-refractivity contribution < 1.29 is 9.84 Å². The van der Waals surface area contributed by atoms with E-state index < -0.39 is 6.10 Å². The van der Waals surface area contributed by atoms with Gasteiger partial charge in [0, 0.05) is 12.7 Å². The summed E-state index contributed by atoms with van der Waals surface area (Å²) in [5.41, 5.74) is 0.790. The summed E-state index contributed by atoms with van der Waals surface area (Å²) in [6.45, 7) is 3.65. The molecule has 0 bridgehead atoms. The first-order valence-corrected chi connectivity index (χ1v) is 8.32. The maximum atomic E-state index is 10.5. The number of piperidine rings is 1. The Morgan fingerprint density at radius 3 is 2.52 bits per heavy atom. The van der Waals surface area contributed by atoms with E-state index in [1.165, 1.54) is 0 Å². The van der Waals surface area contributed by atoms with E-state index in [2.05, 4.69) is 9.88 Å². The Bertz CT molecular complexity index is 568. The maximum absolute atomic E-state index is 10.5. The first-order valence-electron chi connectivity index (χ1n) is 8.32. The molecule has 0 saturated carbocycles. The Kier molecular flexibility index (Phi) is 5.61. The second-order valence-corrected chi connectivity index (χ2v) is 6.04. The molecule has 23 heavy (non-hydrogen) atoms. The Hall–Kier alpha value is -1.91. The van der Waals surface area contributed by atoms with Gasteiger partial charge in [0.05, 0.1) is 11.8 Å². The van der Waals surface area contributed by atoms with Crippen LogP contribution < -0.4 is 4.74 Å². The Morgan fingerprint density at radius 1 is 1.09 bits per heavy atom. The minimum Gasteiger partial charge on any atom is -0.492 e. The van der Waals surface area contributed by atoms with Crippen LogP contribution in [0.5, 0.6) is 5.75 Å². The van der Waals surface area contributed by atoms with Gasteiger partial charge < -0.3 is 9.84 Å². The summed E-state index contributed by atoms with van der Waals surface area (Å²) in [5, 5.41) is 10.5. The van der Waals surface area contributed by atoms with Crippen LogP contribution in [-0.4, -0.2) is 41.2 Å². The molecule has 2 aromatic rings. The van der Waals surface area contributed by atoms with Crippen LogP contribution in [0, 0.1) is 5.92 Å². The van der Waals surface area contributed by atoms with Gasteiger partial charge in [-0.05, 0) is 56.1 Å². The number of para-hydroxylation sites is 1. The number of aromatic nitrogens is 1. The molecule has 1 atom stereocenters. The third-order valence-corrected chi connectivity index (χ3v) is 4.49. The third-order valence-electron chi connectivity index (χ3n) is 4.49. The molecule has 1 N–H and O–H groups in total. The molecule has 122 valence electrons. The molecule has 4 nitrogen and oxygen atoms in total. The highest BCUT2D eigenvalue weighted by atomic mass is 16.5. The molecule has 4 heteroatoms. The fraction of sp³-hybridized carbons (Fsp3) is 0.421. The molecule has 1 aromatic carbocycles. The number of nitrogens with zero attached hydrogens (tertiary/aromatic N) is 2. The van der Waals surface area contributed by atoms with E-state index in [4.69, 9.17) is 4.74 Å². The summed E-state index contributed by atoms with van der Waals surface area (Å²) < 4.78 is 5.75. The lowest BCUT2D eigenvalue weighted by atomic mass is 9.89. The fourth-order valence-corrected chi connectivity index (χ4v) is 3.09. The Balaban J connectivity index is 1.40. The molecule has 1 fully saturated rings. The smallest absolute Gasteiger partial charge is 0.119 e. The minimum atomic E-state index is -0.445. The lowest BCUT2D eigenvalue weighted by molar-refractivity contribution is 0.0524. The maximum Gasteiger partial charge on any atom is 0.119 e. The number of pyridine rings is 1. The normalized spacial score (nSPS) is 17.8. The van der Waals surface area contributed by atoms with Gasteiger partial charge in [-0.15, -0.1) is 0 Å². The van der Waals surface area contributed by atoms with Crippen molar-refractivity contribution in [3.63, 3.8) is 0 Å². The van der Waals surface area contributed by atoms with Crippen molar-refractivity contribution in [1.82, 2.24) is 9.88 Å². The van der Waals surface area contributed by atoms with Crippen LogP contribution in [-0.2, 0) is 0 Å². The Labute approximate surface area is 137 Å². The largest absolute Gasteiger partial charge is 0.492 e. The molecule has 0 radical (unpaired) electrons. The molecule has 0 spiro atoms. The van der Waals surface area contributed by atoms with Crippen molar-refractivity contribution >= 4 is 0 Å². The van der Waals surface area contributed by atoms with E-state index >= 15 is 0 Å². The summed E-state index contributed by atoms with van der Waals surface area (Å²) in [6.07, 6.45) is 3.31. The zero-order chi connectivity index (χ0) is 15.9. The summed E-state index contributed by atoms with van der Waals surface area (Å²) in [4.78, 5) is 6.68. The molecule has 1 aromatic heterocycles. The van der Waals surface area contributed by atoms with Gasteiger partial charge in [-0.3, -0.25) is 9.88 Å². The predicted molar refractivity (Wildman–Crippen MR) is 90.3 cm³/mol. The van der Waals surface area contributed by atoms with Crippen LogP contribution in [0.25, 0.3) is 0 Å². The van der Waals surface area contributed by atoms with Crippen LogP contribution >= 0.6 is 0 Å². The number of ether oxygens (including phenoxy) is 1. The van der Waals surface area contributed by atoms with Gasteiger partial charge in [-0.25, -0.2) is 0 Å². The van der Waals surface area contributed by atoms with Crippen molar-refractivity contribution in [1.29, 1.82) is 0 Å². The number of hydrogen-bond acceptors (Lipinski definition) is 4. The van der Waals surface area contributed by atoms with Crippen LogP contribution in [0.15, 0.2) is 54.7 Å². The van der Waals surface area contributed by atoms with Gasteiger partial charge in [0.2, 0.25) is 0 Å². The lowest BCUT2D eigenvalue weighted by Gasteiger charge is -2.33. The van der Waals surface area contributed by atoms with Crippen LogP contribution in [0.2, 0.25) is 0 Å². The van der Waals surface area contributed by atoms with Crippen molar-refractivity contribution in [2.45, 2.75) is 18.9 Å². The van der Waals surface area contributed by atoms with Gasteiger partial charge in [0.1, 0.15) is 12.4 Å². The van der Waals surface area contributed by atoms with Crippen LogP contribution in [0.4, 0.5) is 0 Å². The van der Waals surface area contributed by atoms with Gasteiger partial charge in [-0.1, -0.05) is 24.3 Å². The standard InChI is InChI=1S/C19H24N2O2/c22-19(18-8-4-5-11-20-18)16-9-12-21(13-10-16)14-15-23-17-6-2-1-3-7-17/h1-8,11,16,19,22H,9-10,12-15H2/t19-/m0/s1. The summed E-state index contributed by atoms with van der Waals surface area (Å²) in [6, 6.07) is 15.6. The topological polar surface area (TPSA) is 45.6 Å². The Morgan fingerprint density at radius 2 is 1.83 bits per heavy atom. The van der Waals surface area contributed by atoms with Gasteiger partial charge in [-0.2, -0.15) is 0 Å². The van der Waals surface area contributed by atoms with E-state index in [1.54, 1.807) is 6.20 Å². The van der Waals surface area contributed by atoms with Crippen LogP contribution in [0.3, 0.4) is 0 Å². The molecule has 0 amide bonds. The highest BCUT2D eigenvalue weighted by molar-refractivity contribution is 5.20. The number of benzene rings is 1. The molecule has 2 heterocycles. The second kappa shape index (κ2) is 8.09. The SMILES string of the molecule is O[C@H](c1ccccn1)C1CCN(CCOc2ccccc2)CC1. The summed E-state index contributed by atoms with van der Waals surface area (Å²) >= 11 is 0. The average Bonchev–Trinajstić information content (AvgIpc) is 2.63. The van der Waals surface area contributed by atoms with Gasteiger partial charge >= 0.3 is 0 Å². The average molecular weight is 312 g/mol. The predicted octanol–water partition coefficient (Wildman–Crippen LogP) is 2.91. The first-order chi connectivity index (χ1) is 11.3. The van der Waals surface area contributed by atoms with Crippen molar-refractivity contribution in [2.75, 3.05) is 26.2 Å². The minimum absolute atomic E-state index is 0.302. The quantitative estimate of drug-likeness (QED) is 0.891. The molecule has 1 aliphatic rings. The molecular formula is C19H24N2O2. The van der Waals surface area contributed by atoms with Crippen molar-refractivity contribution in [2.24, 2.45) is 5.92 Å². The third kappa shape index (κ3) is 4.53. The zero-order valence-corrected chi connectivity index (χ0v) is 13.3. The molecule has 1 aliphatic heterocycles. The van der Waals surface area contributed by atoms with Crippen molar-refractivity contribution in [3.05, 3.63) is 60.4 Å². The number of hydrogen-bond donors (Lipinski definition) is 1. The summed E-state index contributed by atoms with van der Waals surface area (Å²) in [7, 11) is 0. The number of aliphatic hydroxyl groups is 1. The van der Waals surface area contributed by atoms with E-state index in [1.807, 2.05) is 48.5 Å².